The summed E-state index contributed by atoms with van der Waals surface area (Å²) in [5, 5.41) is 8.79. The predicted molar refractivity (Wildman–Crippen MR) is 109 cm³/mol. The van der Waals surface area contributed by atoms with E-state index in [0.717, 1.165) is 11.3 Å². The Morgan fingerprint density at radius 2 is 1.81 bits per heavy atom. The first-order valence-corrected chi connectivity index (χ1v) is 9.59. The van der Waals surface area contributed by atoms with Crippen LogP contribution in [0.4, 0.5) is 24.5 Å². The van der Waals surface area contributed by atoms with Crippen molar-refractivity contribution in [1.29, 1.82) is 0 Å². The second-order valence-electron chi connectivity index (χ2n) is 6.53. The van der Waals surface area contributed by atoms with E-state index in [1.807, 2.05) is 6.92 Å². The Morgan fingerprint density at radius 3 is 2.48 bits per heavy atom. The van der Waals surface area contributed by atoms with Gasteiger partial charge in [0.1, 0.15) is 12.3 Å². The monoisotopic (exact) mass is 434 g/mol. The number of ether oxygens (including phenoxy) is 1. The van der Waals surface area contributed by atoms with Gasteiger partial charge in [0.2, 0.25) is 17.6 Å². The van der Waals surface area contributed by atoms with Gasteiger partial charge in [-0.05, 0) is 43.3 Å². The van der Waals surface area contributed by atoms with Crippen molar-refractivity contribution in [3.8, 4) is 17.1 Å². The fraction of sp³-hybridized carbons (Fsp3) is 0.286. The molecule has 0 aliphatic rings. The summed E-state index contributed by atoms with van der Waals surface area (Å²) in [7, 11) is 0. The van der Waals surface area contributed by atoms with Crippen molar-refractivity contribution in [2.24, 2.45) is 0 Å². The Morgan fingerprint density at radius 1 is 1.10 bits per heavy atom. The van der Waals surface area contributed by atoms with Crippen LogP contribution in [0.5, 0.6) is 5.75 Å². The molecule has 0 bridgehead atoms. The fourth-order valence-electron chi connectivity index (χ4n) is 2.72. The Kier molecular flexibility index (Phi) is 7.11. The van der Waals surface area contributed by atoms with E-state index in [1.165, 1.54) is 12.1 Å². The number of aryl methyl sites for hydroxylation is 1. The molecule has 0 saturated heterocycles. The van der Waals surface area contributed by atoms with Crippen LogP contribution < -0.4 is 15.4 Å². The molecule has 3 rings (SSSR count). The van der Waals surface area contributed by atoms with Crippen LogP contribution in [0.15, 0.2) is 53.1 Å². The van der Waals surface area contributed by atoms with Gasteiger partial charge in [-0.2, -0.15) is 18.2 Å². The number of amides is 1. The lowest BCUT2D eigenvalue weighted by Crippen LogP contribution is -2.22. The largest absolute Gasteiger partial charge is 0.494 e. The lowest BCUT2D eigenvalue weighted by atomic mass is 10.2. The molecule has 0 saturated carbocycles. The van der Waals surface area contributed by atoms with Crippen molar-refractivity contribution >= 4 is 17.3 Å². The van der Waals surface area contributed by atoms with Gasteiger partial charge in [0.05, 0.1) is 18.0 Å². The molecule has 0 radical (unpaired) electrons. The third-order valence-electron chi connectivity index (χ3n) is 4.14. The highest BCUT2D eigenvalue weighted by atomic mass is 19.4. The van der Waals surface area contributed by atoms with E-state index in [1.54, 1.807) is 36.4 Å². The summed E-state index contributed by atoms with van der Waals surface area (Å²) in [5.41, 5.74) is 1.19. The number of carbonyl (C=O) groups is 1. The van der Waals surface area contributed by atoms with Crippen molar-refractivity contribution < 1.29 is 27.2 Å². The van der Waals surface area contributed by atoms with Crippen LogP contribution in [0.25, 0.3) is 11.4 Å². The van der Waals surface area contributed by atoms with E-state index in [2.05, 4.69) is 20.8 Å². The molecule has 7 nitrogen and oxygen atoms in total. The van der Waals surface area contributed by atoms with Crippen LogP contribution in [-0.2, 0) is 11.2 Å². The first-order valence-electron chi connectivity index (χ1n) is 9.59. The highest BCUT2D eigenvalue weighted by Crippen LogP contribution is 2.24. The second kappa shape index (κ2) is 9.96. The molecule has 2 N–H and O–H groups in total. The number of hydrogen-bond donors (Lipinski definition) is 2. The molecule has 1 heterocycles. The predicted octanol–water partition coefficient (Wildman–Crippen LogP) is 4.68. The number of halogens is 3. The number of carbonyl (C=O) groups excluding carboxylic acids is 1. The number of para-hydroxylation sites is 2. The van der Waals surface area contributed by atoms with Crippen LogP contribution in [0.2, 0.25) is 0 Å². The van der Waals surface area contributed by atoms with Crippen LogP contribution >= 0.6 is 0 Å². The Labute approximate surface area is 176 Å². The molecule has 164 valence electrons. The number of nitrogens with zero attached hydrogens (tertiary/aromatic N) is 2. The quantitative estimate of drug-likeness (QED) is 0.508. The van der Waals surface area contributed by atoms with E-state index >= 15 is 0 Å². The second-order valence-corrected chi connectivity index (χ2v) is 6.53. The van der Waals surface area contributed by atoms with Crippen LogP contribution in [0, 0.1) is 0 Å². The number of rotatable bonds is 9. The van der Waals surface area contributed by atoms with Gasteiger partial charge in [-0.3, -0.25) is 4.79 Å². The Hall–Kier alpha value is -3.56. The van der Waals surface area contributed by atoms with E-state index in [9.17, 15) is 18.0 Å². The number of anilines is 2. The molecule has 3 aromatic rings. The zero-order valence-electron chi connectivity index (χ0n) is 16.7. The maximum atomic E-state index is 12.4. The van der Waals surface area contributed by atoms with E-state index in [-0.39, 0.29) is 36.0 Å². The van der Waals surface area contributed by atoms with E-state index < -0.39 is 12.7 Å². The molecular formula is C21H21F3N4O3. The lowest BCUT2D eigenvalue weighted by molar-refractivity contribution is -0.116. The summed E-state index contributed by atoms with van der Waals surface area (Å²) in [6.45, 7) is 1.26. The number of aromatic nitrogens is 2. The zero-order chi connectivity index (χ0) is 22.3. The smallest absolute Gasteiger partial charge is 0.405 e. The van der Waals surface area contributed by atoms with Crippen molar-refractivity contribution in [1.82, 2.24) is 10.1 Å². The number of alkyl halides is 3. The molecule has 1 aromatic heterocycles. The lowest BCUT2D eigenvalue weighted by Gasteiger charge is -2.14. The average molecular weight is 434 g/mol. The first-order chi connectivity index (χ1) is 14.8. The van der Waals surface area contributed by atoms with Gasteiger partial charge in [-0.15, -0.1) is 0 Å². The number of benzene rings is 2. The fourth-order valence-corrected chi connectivity index (χ4v) is 2.72. The molecule has 0 aliphatic heterocycles. The maximum absolute atomic E-state index is 12.4. The summed E-state index contributed by atoms with van der Waals surface area (Å²) in [4.78, 5) is 16.5. The molecule has 0 aliphatic carbocycles. The molecule has 0 unspecified atom stereocenters. The highest BCUT2D eigenvalue weighted by molar-refractivity contribution is 5.94. The van der Waals surface area contributed by atoms with Crippen LogP contribution in [0.3, 0.4) is 0 Å². The van der Waals surface area contributed by atoms with Crippen LogP contribution in [0.1, 0.15) is 19.2 Å². The SMILES string of the molecule is CCOc1ccc(-c2noc(CCC(=O)Nc3ccccc3NCC(F)(F)F)n2)cc1. The molecule has 10 heteroatoms. The molecular weight excluding hydrogens is 413 g/mol. The standard InChI is InChI=1S/C21H21F3N4O3/c1-2-30-15-9-7-14(8-10-15)20-27-19(31-28-20)12-11-18(29)26-17-6-4-3-5-16(17)25-13-21(22,23)24/h3-10,25H,2,11-13H2,1H3,(H,26,29). The minimum atomic E-state index is -4.36. The third kappa shape index (κ3) is 6.73. The topological polar surface area (TPSA) is 89.3 Å². The minimum Gasteiger partial charge on any atom is -0.494 e. The first kappa shape index (κ1) is 22.1. The Balaban J connectivity index is 1.55. The average Bonchev–Trinajstić information content (AvgIpc) is 3.21. The van der Waals surface area contributed by atoms with Crippen molar-refractivity contribution in [2.45, 2.75) is 25.9 Å². The molecule has 0 fully saturated rings. The molecule has 0 atom stereocenters. The van der Waals surface area contributed by atoms with E-state index in [0.29, 0.717) is 12.4 Å². The van der Waals surface area contributed by atoms with Crippen molar-refractivity contribution in [3.63, 3.8) is 0 Å². The summed E-state index contributed by atoms with van der Waals surface area (Å²) in [6, 6.07) is 13.4. The van der Waals surface area contributed by atoms with Crippen molar-refractivity contribution in [2.75, 3.05) is 23.8 Å². The zero-order valence-corrected chi connectivity index (χ0v) is 16.7. The third-order valence-corrected chi connectivity index (χ3v) is 4.14. The summed E-state index contributed by atoms with van der Waals surface area (Å²) >= 11 is 0. The van der Waals surface area contributed by atoms with Gasteiger partial charge in [0.25, 0.3) is 0 Å². The normalized spacial score (nSPS) is 11.2. The summed E-state index contributed by atoms with van der Waals surface area (Å²) in [5.74, 6) is 1.02. The molecule has 2 aromatic carbocycles. The summed E-state index contributed by atoms with van der Waals surface area (Å²) in [6.07, 6.45) is -4.15. The molecule has 0 spiro atoms. The van der Waals surface area contributed by atoms with Gasteiger partial charge in [0.15, 0.2) is 0 Å². The molecule has 31 heavy (non-hydrogen) atoms. The van der Waals surface area contributed by atoms with Crippen LogP contribution in [-0.4, -0.2) is 35.4 Å². The highest BCUT2D eigenvalue weighted by Gasteiger charge is 2.27. The number of nitrogens with one attached hydrogen (secondary N) is 2. The number of hydrogen-bond acceptors (Lipinski definition) is 6. The van der Waals surface area contributed by atoms with E-state index in [4.69, 9.17) is 9.26 Å². The van der Waals surface area contributed by atoms with Gasteiger partial charge in [0, 0.05) is 18.4 Å². The van der Waals surface area contributed by atoms with Gasteiger partial charge in [-0.25, -0.2) is 0 Å². The minimum absolute atomic E-state index is 0.0263. The molecule has 1 amide bonds. The Bertz CT molecular complexity index is 1000. The maximum Gasteiger partial charge on any atom is 0.405 e. The van der Waals surface area contributed by atoms with Gasteiger partial charge in [-0.1, -0.05) is 17.3 Å². The van der Waals surface area contributed by atoms with Gasteiger partial charge < -0.3 is 19.9 Å². The summed E-state index contributed by atoms with van der Waals surface area (Å²) < 4.78 is 47.9. The van der Waals surface area contributed by atoms with Gasteiger partial charge >= 0.3 is 6.18 Å². The van der Waals surface area contributed by atoms with Crippen molar-refractivity contribution in [3.05, 3.63) is 54.4 Å².